The van der Waals surface area contributed by atoms with Gasteiger partial charge in [0.25, 0.3) is 0 Å². The molecule has 0 bridgehead atoms. The molecule has 0 aliphatic carbocycles. The maximum atomic E-state index is 8.73. The summed E-state index contributed by atoms with van der Waals surface area (Å²) in [5, 5.41) is 12.5. The number of aliphatic hydroxyl groups is 1. The lowest BCUT2D eigenvalue weighted by Crippen LogP contribution is -2.38. The minimum Gasteiger partial charge on any atom is -0.491 e. The molecule has 0 spiro atoms. The second-order valence-corrected chi connectivity index (χ2v) is 5.37. The second-order valence-electron chi connectivity index (χ2n) is 4.97. The standard InChI is InChI=1S/C15H23ClN2O3/c16-14-11-13(12-17-3-7-19)1-2-15(14)21-10-6-18-4-8-20-9-5-18/h1-2,11,17,19H,3-10,12H2. The highest BCUT2D eigenvalue weighted by Gasteiger charge is 2.10. The molecule has 0 amide bonds. The summed E-state index contributed by atoms with van der Waals surface area (Å²) in [4.78, 5) is 2.32. The molecule has 0 saturated carbocycles. The first kappa shape index (κ1) is 16.5. The van der Waals surface area contributed by atoms with Crippen LogP contribution in [0.4, 0.5) is 0 Å². The van der Waals surface area contributed by atoms with Crippen LogP contribution >= 0.6 is 11.6 Å². The van der Waals surface area contributed by atoms with Gasteiger partial charge in [-0.1, -0.05) is 17.7 Å². The zero-order chi connectivity index (χ0) is 14.9. The van der Waals surface area contributed by atoms with Gasteiger partial charge in [0.15, 0.2) is 0 Å². The van der Waals surface area contributed by atoms with Crippen LogP contribution in [-0.4, -0.2) is 62.6 Å². The molecular formula is C15H23ClN2O3. The Morgan fingerprint density at radius 2 is 2.14 bits per heavy atom. The van der Waals surface area contributed by atoms with E-state index in [1.54, 1.807) is 0 Å². The predicted molar refractivity (Wildman–Crippen MR) is 83.0 cm³/mol. The van der Waals surface area contributed by atoms with Gasteiger partial charge >= 0.3 is 0 Å². The van der Waals surface area contributed by atoms with Gasteiger partial charge in [0.05, 0.1) is 24.8 Å². The summed E-state index contributed by atoms with van der Waals surface area (Å²) in [6.45, 7) is 6.45. The highest BCUT2D eigenvalue weighted by Crippen LogP contribution is 2.25. The van der Waals surface area contributed by atoms with Crippen LogP contribution in [0.3, 0.4) is 0 Å². The molecule has 2 rings (SSSR count). The van der Waals surface area contributed by atoms with E-state index in [4.69, 9.17) is 26.2 Å². The number of morpholine rings is 1. The summed E-state index contributed by atoms with van der Waals surface area (Å²) in [6.07, 6.45) is 0. The second kappa shape index (κ2) is 9.23. The first-order valence-corrected chi connectivity index (χ1v) is 7.70. The average Bonchev–Trinajstić information content (AvgIpc) is 2.51. The molecule has 6 heteroatoms. The Bertz CT molecular complexity index is 425. The van der Waals surface area contributed by atoms with E-state index in [0.717, 1.165) is 44.2 Å². The van der Waals surface area contributed by atoms with E-state index in [-0.39, 0.29) is 6.61 Å². The van der Waals surface area contributed by atoms with Gasteiger partial charge < -0.3 is 19.9 Å². The van der Waals surface area contributed by atoms with E-state index in [2.05, 4.69) is 10.2 Å². The molecule has 0 aromatic heterocycles. The SMILES string of the molecule is OCCNCc1ccc(OCCN2CCOCC2)c(Cl)c1. The van der Waals surface area contributed by atoms with Gasteiger partial charge in [-0.2, -0.15) is 0 Å². The highest BCUT2D eigenvalue weighted by molar-refractivity contribution is 6.32. The van der Waals surface area contributed by atoms with Crippen molar-refractivity contribution in [3.63, 3.8) is 0 Å². The third-order valence-corrected chi connectivity index (χ3v) is 3.68. The molecule has 5 nitrogen and oxygen atoms in total. The van der Waals surface area contributed by atoms with E-state index >= 15 is 0 Å². The van der Waals surface area contributed by atoms with Crippen molar-refractivity contribution in [2.75, 3.05) is 52.6 Å². The van der Waals surface area contributed by atoms with Crippen molar-refractivity contribution in [2.45, 2.75) is 6.54 Å². The normalized spacial score (nSPS) is 16.1. The third kappa shape index (κ3) is 5.80. The van der Waals surface area contributed by atoms with Crippen LogP contribution in [0.5, 0.6) is 5.75 Å². The van der Waals surface area contributed by atoms with Gasteiger partial charge in [0, 0.05) is 32.7 Å². The number of nitrogens with one attached hydrogen (secondary N) is 1. The van der Waals surface area contributed by atoms with Crippen molar-refractivity contribution in [2.24, 2.45) is 0 Å². The molecule has 0 unspecified atom stereocenters. The van der Waals surface area contributed by atoms with Gasteiger partial charge in [0.2, 0.25) is 0 Å². The van der Waals surface area contributed by atoms with Gasteiger partial charge in [-0.25, -0.2) is 0 Å². The molecular weight excluding hydrogens is 292 g/mol. The minimum absolute atomic E-state index is 0.135. The van der Waals surface area contributed by atoms with Crippen LogP contribution in [0.1, 0.15) is 5.56 Å². The zero-order valence-electron chi connectivity index (χ0n) is 12.2. The van der Waals surface area contributed by atoms with E-state index < -0.39 is 0 Å². The van der Waals surface area contributed by atoms with Crippen molar-refractivity contribution in [3.05, 3.63) is 28.8 Å². The Morgan fingerprint density at radius 3 is 2.86 bits per heavy atom. The van der Waals surface area contributed by atoms with Gasteiger partial charge in [-0.05, 0) is 17.7 Å². The fraction of sp³-hybridized carbons (Fsp3) is 0.600. The summed E-state index contributed by atoms with van der Waals surface area (Å²) >= 11 is 6.23. The van der Waals surface area contributed by atoms with Crippen LogP contribution < -0.4 is 10.1 Å². The van der Waals surface area contributed by atoms with Crippen molar-refractivity contribution >= 4 is 11.6 Å². The number of hydrogen-bond acceptors (Lipinski definition) is 5. The topological polar surface area (TPSA) is 54.0 Å². The quantitative estimate of drug-likeness (QED) is 0.705. The lowest BCUT2D eigenvalue weighted by Gasteiger charge is -2.26. The lowest BCUT2D eigenvalue weighted by atomic mass is 10.2. The summed E-state index contributed by atoms with van der Waals surface area (Å²) in [5.41, 5.74) is 1.08. The van der Waals surface area contributed by atoms with E-state index in [9.17, 15) is 0 Å². The monoisotopic (exact) mass is 314 g/mol. The summed E-state index contributed by atoms with van der Waals surface area (Å²) in [7, 11) is 0. The molecule has 1 aromatic rings. The number of halogens is 1. The minimum atomic E-state index is 0.135. The van der Waals surface area contributed by atoms with Crippen LogP contribution in [-0.2, 0) is 11.3 Å². The van der Waals surface area contributed by atoms with Gasteiger partial charge in [-0.3, -0.25) is 4.90 Å². The van der Waals surface area contributed by atoms with Gasteiger partial charge in [-0.15, -0.1) is 0 Å². The number of rotatable bonds is 8. The molecule has 0 atom stereocenters. The predicted octanol–water partition coefficient (Wildman–Crippen LogP) is 1.13. The Labute approximate surface area is 130 Å². The van der Waals surface area contributed by atoms with Crippen LogP contribution in [0, 0.1) is 0 Å². The number of hydrogen-bond donors (Lipinski definition) is 2. The van der Waals surface area contributed by atoms with E-state index in [1.165, 1.54) is 0 Å². The van der Waals surface area contributed by atoms with Crippen LogP contribution in [0.2, 0.25) is 5.02 Å². The molecule has 1 fully saturated rings. The van der Waals surface area contributed by atoms with Crippen LogP contribution in [0.25, 0.3) is 0 Å². The summed E-state index contributed by atoms with van der Waals surface area (Å²) in [5.74, 6) is 0.718. The molecule has 1 aliphatic heterocycles. The highest BCUT2D eigenvalue weighted by atomic mass is 35.5. The Morgan fingerprint density at radius 1 is 1.33 bits per heavy atom. The van der Waals surface area contributed by atoms with Crippen LogP contribution in [0.15, 0.2) is 18.2 Å². The molecule has 1 aromatic carbocycles. The Balaban J connectivity index is 1.74. The number of aliphatic hydroxyl groups excluding tert-OH is 1. The fourth-order valence-corrected chi connectivity index (χ4v) is 2.45. The van der Waals surface area contributed by atoms with Crippen molar-refractivity contribution in [3.8, 4) is 5.75 Å². The zero-order valence-corrected chi connectivity index (χ0v) is 12.9. The first-order chi connectivity index (χ1) is 10.3. The fourth-order valence-electron chi connectivity index (χ4n) is 2.19. The number of benzene rings is 1. The molecule has 1 heterocycles. The summed E-state index contributed by atoms with van der Waals surface area (Å²) in [6, 6.07) is 5.79. The maximum Gasteiger partial charge on any atom is 0.137 e. The molecule has 1 aliphatic rings. The number of ether oxygens (including phenoxy) is 2. The van der Waals surface area contributed by atoms with Crippen molar-refractivity contribution in [1.29, 1.82) is 0 Å². The van der Waals surface area contributed by atoms with E-state index in [0.29, 0.717) is 24.7 Å². The smallest absolute Gasteiger partial charge is 0.137 e. The molecule has 2 N–H and O–H groups in total. The number of nitrogens with zero attached hydrogens (tertiary/aromatic N) is 1. The van der Waals surface area contributed by atoms with E-state index in [1.807, 2.05) is 18.2 Å². The third-order valence-electron chi connectivity index (χ3n) is 3.38. The van der Waals surface area contributed by atoms with Crippen molar-refractivity contribution < 1.29 is 14.6 Å². The average molecular weight is 315 g/mol. The van der Waals surface area contributed by atoms with Crippen molar-refractivity contribution in [1.82, 2.24) is 10.2 Å². The Kier molecular flexibility index (Phi) is 7.26. The molecule has 1 saturated heterocycles. The lowest BCUT2D eigenvalue weighted by molar-refractivity contribution is 0.0322. The molecule has 0 radical (unpaired) electrons. The molecule has 21 heavy (non-hydrogen) atoms. The largest absolute Gasteiger partial charge is 0.491 e. The maximum absolute atomic E-state index is 8.73. The Hall–Kier alpha value is -0.850. The van der Waals surface area contributed by atoms with Gasteiger partial charge in [0.1, 0.15) is 12.4 Å². The first-order valence-electron chi connectivity index (χ1n) is 7.32. The molecule has 118 valence electrons. The summed E-state index contributed by atoms with van der Waals surface area (Å²) < 4.78 is 11.1.